The van der Waals surface area contributed by atoms with Crippen LogP contribution in [0.2, 0.25) is 0 Å². The lowest BCUT2D eigenvalue weighted by atomic mass is 10.0. The number of hydrogen-bond donors (Lipinski definition) is 0. The maximum Gasteiger partial charge on any atom is 0.119 e. The first-order valence-electron chi connectivity index (χ1n) is 7.73. The van der Waals surface area contributed by atoms with Crippen molar-refractivity contribution in [2.45, 2.75) is 0 Å². The van der Waals surface area contributed by atoms with E-state index in [0.29, 0.717) is 0 Å². The van der Waals surface area contributed by atoms with Gasteiger partial charge in [0.05, 0.1) is 13.3 Å². The summed E-state index contributed by atoms with van der Waals surface area (Å²) in [7, 11) is 1.65. The van der Waals surface area contributed by atoms with Gasteiger partial charge in [0.1, 0.15) is 11.5 Å². The Kier molecular flexibility index (Phi) is 5.15. The van der Waals surface area contributed by atoms with E-state index in [1.807, 2.05) is 84.9 Å². The van der Waals surface area contributed by atoms with Gasteiger partial charge in [-0.05, 0) is 17.7 Å². The summed E-state index contributed by atoms with van der Waals surface area (Å²) in [6.45, 7) is 0. The van der Waals surface area contributed by atoms with Crippen molar-refractivity contribution in [2.75, 3.05) is 7.11 Å². The van der Waals surface area contributed by atoms with E-state index in [-0.39, 0.29) is 0 Å². The number of nitrogens with zero attached hydrogens (tertiary/aromatic N) is 2. The van der Waals surface area contributed by atoms with E-state index in [1.54, 1.807) is 13.3 Å². The lowest BCUT2D eigenvalue weighted by Gasteiger charge is -2.05. The highest BCUT2D eigenvalue weighted by molar-refractivity contribution is 6.12. The van der Waals surface area contributed by atoms with Crippen molar-refractivity contribution in [3.63, 3.8) is 0 Å². The molecule has 0 saturated heterocycles. The molecule has 0 aliphatic heterocycles. The molecule has 24 heavy (non-hydrogen) atoms. The molecule has 3 rings (SSSR count). The molecule has 0 saturated carbocycles. The highest BCUT2D eigenvalue weighted by Gasteiger charge is 2.05. The second-order valence-corrected chi connectivity index (χ2v) is 5.20. The molecular formula is C21H18N2O. The van der Waals surface area contributed by atoms with E-state index < -0.39 is 0 Å². The number of hydrogen-bond acceptors (Lipinski definition) is 3. The molecule has 0 atom stereocenters. The van der Waals surface area contributed by atoms with Gasteiger partial charge in [0, 0.05) is 11.1 Å². The van der Waals surface area contributed by atoms with Gasteiger partial charge >= 0.3 is 0 Å². The van der Waals surface area contributed by atoms with E-state index in [4.69, 9.17) is 4.74 Å². The van der Waals surface area contributed by atoms with Crippen molar-refractivity contribution < 1.29 is 4.74 Å². The van der Waals surface area contributed by atoms with Crippen LogP contribution in [0.25, 0.3) is 0 Å². The van der Waals surface area contributed by atoms with Crippen LogP contribution >= 0.6 is 0 Å². The predicted molar refractivity (Wildman–Crippen MR) is 99.1 cm³/mol. The van der Waals surface area contributed by atoms with Gasteiger partial charge in [0.2, 0.25) is 0 Å². The van der Waals surface area contributed by atoms with Crippen LogP contribution in [0.5, 0.6) is 5.75 Å². The summed E-state index contributed by atoms with van der Waals surface area (Å²) in [5.74, 6) is 0.800. The molecule has 0 unspecified atom stereocenters. The van der Waals surface area contributed by atoms with Crippen LogP contribution in [0.15, 0.2) is 95.1 Å². The molecule has 118 valence electrons. The summed E-state index contributed by atoms with van der Waals surface area (Å²) < 4.78 is 5.22. The average molecular weight is 314 g/mol. The molecule has 0 aromatic heterocycles. The monoisotopic (exact) mass is 314 g/mol. The summed E-state index contributed by atoms with van der Waals surface area (Å²) >= 11 is 0. The standard InChI is InChI=1S/C21H18N2O/c1-24-20-14-8-9-17(15-20)16-22-23-21(18-10-4-2-5-11-18)19-12-6-3-7-13-19/h2-16H,1H3. The third-order valence-electron chi connectivity index (χ3n) is 3.55. The SMILES string of the molecule is COc1cccc(C=NN=C(c2ccccc2)c2ccccc2)c1. The molecule has 0 radical (unpaired) electrons. The van der Waals surface area contributed by atoms with Crippen molar-refractivity contribution in [1.82, 2.24) is 0 Å². The molecule has 3 nitrogen and oxygen atoms in total. The van der Waals surface area contributed by atoms with Crippen molar-refractivity contribution in [1.29, 1.82) is 0 Å². The predicted octanol–water partition coefficient (Wildman–Crippen LogP) is 4.57. The van der Waals surface area contributed by atoms with Gasteiger partial charge < -0.3 is 4.74 Å². The second kappa shape index (κ2) is 7.88. The van der Waals surface area contributed by atoms with Crippen LogP contribution in [0.3, 0.4) is 0 Å². The zero-order valence-electron chi connectivity index (χ0n) is 13.5. The quantitative estimate of drug-likeness (QED) is 0.502. The Hall–Kier alpha value is -3.20. The maximum atomic E-state index is 5.22. The Balaban J connectivity index is 1.93. The third-order valence-corrected chi connectivity index (χ3v) is 3.55. The highest BCUT2D eigenvalue weighted by Crippen LogP contribution is 2.13. The van der Waals surface area contributed by atoms with Crippen molar-refractivity contribution in [3.8, 4) is 5.75 Å². The van der Waals surface area contributed by atoms with Gasteiger partial charge in [-0.1, -0.05) is 72.8 Å². The van der Waals surface area contributed by atoms with Gasteiger partial charge in [-0.25, -0.2) is 0 Å². The first-order valence-corrected chi connectivity index (χ1v) is 7.73. The van der Waals surface area contributed by atoms with E-state index in [0.717, 1.165) is 28.2 Å². The van der Waals surface area contributed by atoms with Crippen LogP contribution in [-0.2, 0) is 0 Å². The largest absolute Gasteiger partial charge is 0.497 e. The average Bonchev–Trinajstić information content (AvgIpc) is 2.67. The molecule has 0 aliphatic carbocycles. The Morgan fingerprint density at radius 1 is 0.792 bits per heavy atom. The molecule has 3 heteroatoms. The Labute approximate surface area is 142 Å². The Morgan fingerprint density at radius 3 is 2.00 bits per heavy atom. The molecule has 0 amide bonds. The van der Waals surface area contributed by atoms with Gasteiger partial charge in [-0.2, -0.15) is 5.10 Å². The van der Waals surface area contributed by atoms with Gasteiger partial charge in [0.15, 0.2) is 0 Å². The van der Waals surface area contributed by atoms with Crippen LogP contribution in [0.4, 0.5) is 0 Å². The van der Waals surface area contributed by atoms with Crippen molar-refractivity contribution >= 4 is 11.9 Å². The first-order chi connectivity index (χ1) is 11.9. The Morgan fingerprint density at radius 2 is 1.42 bits per heavy atom. The molecular weight excluding hydrogens is 296 g/mol. The summed E-state index contributed by atoms with van der Waals surface area (Å²) in [4.78, 5) is 0. The molecule has 3 aromatic rings. The smallest absolute Gasteiger partial charge is 0.119 e. The Bertz CT molecular complexity index is 798. The molecule has 0 heterocycles. The molecule has 0 aliphatic rings. The van der Waals surface area contributed by atoms with Crippen LogP contribution in [-0.4, -0.2) is 19.0 Å². The minimum atomic E-state index is 0.800. The van der Waals surface area contributed by atoms with E-state index in [2.05, 4.69) is 10.2 Å². The summed E-state index contributed by atoms with van der Waals surface area (Å²) in [5.41, 5.74) is 3.85. The minimum Gasteiger partial charge on any atom is -0.497 e. The molecule has 0 bridgehead atoms. The second-order valence-electron chi connectivity index (χ2n) is 5.20. The fourth-order valence-electron chi connectivity index (χ4n) is 2.35. The van der Waals surface area contributed by atoms with Gasteiger partial charge in [-0.3, -0.25) is 0 Å². The van der Waals surface area contributed by atoms with Gasteiger partial charge in [-0.15, -0.1) is 5.10 Å². The van der Waals surface area contributed by atoms with E-state index in [9.17, 15) is 0 Å². The lowest BCUT2D eigenvalue weighted by Crippen LogP contribution is -2.02. The summed E-state index contributed by atoms with van der Waals surface area (Å²) in [6.07, 6.45) is 1.73. The molecule has 3 aromatic carbocycles. The van der Waals surface area contributed by atoms with Crippen LogP contribution in [0.1, 0.15) is 16.7 Å². The van der Waals surface area contributed by atoms with Crippen molar-refractivity contribution in [2.24, 2.45) is 10.2 Å². The fourth-order valence-corrected chi connectivity index (χ4v) is 2.35. The summed E-state index contributed by atoms with van der Waals surface area (Å²) in [5, 5.41) is 8.74. The zero-order valence-corrected chi connectivity index (χ0v) is 13.5. The number of ether oxygens (including phenoxy) is 1. The molecule has 0 spiro atoms. The summed E-state index contributed by atoms with van der Waals surface area (Å²) in [6, 6.07) is 27.8. The molecule has 0 fully saturated rings. The number of benzene rings is 3. The highest BCUT2D eigenvalue weighted by atomic mass is 16.5. The fraction of sp³-hybridized carbons (Fsp3) is 0.0476. The topological polar surface area (TPSA) is 34.0 Å². The third kappa shape index (κ3) is 3.96. The lowest BCUT2D eigenvalue weighted by molar-refractivity contribution is 0.415. The maximum absolute atomic E-state index is 5.22. The van der Waals surface area contributed by atoms with Crippen molar-refractivity contribution in [3.05, 3.63) is 102 Å². The number of methoxy groups -OCH3 is 1. The van der Waals surface area contributed by atoms with Gasteiger partial charge in [0.25, 0.3) is 0 Å². The van der Waals surface area contributed by atoms with Crippen LogP contribution in [0, 0.1) is 0 Å². The molecule has 0 N–H and O–H groups in total. The van der Waals surface area contributed by atoms with Crippen LogP contribution < -0.4 is 4.74 Å². The van der Waals surface area contributed by atoms with E-state index >= 15 is 0 Å². The zero-order chi connectivity index (χ0) is 16.6. The minimum absolute atomic E-state index is 0.800. The van der Waals surface area contributed by atoms with E-state index in [1.165, 1.54) is 0 Å². The number of rotatable bonds is 5. The first kappa shape index (κ1) is 15.7. The normalized spacial score (nSPS) is 10.5.